The zero-order chi connectivity index (χ0) is 7.94. The lowest BCUT2D eigenvalue weighted by atomic mass is 10.3. The Balaban J connectivity index is 2.28. The van der Waals surface area contributed by atoms with Crippen molar-refractivity contribution in [1.82, 2.24) is 0 Å². The SMILES string of the molecule is CO[CH]COc1ccccc1. The maximum Gasteiger partial charge on any atom is 0.120 e. The third-order valence-electron chi connectivity index (χ3n) is 1.23. The number of rotatable bonds is 4. The lowest BCUT2D eigenvalue weighted by Gasteiger charge is -2.02. The van der Waals surface area contributed by atoms with Gasteiger partial charge in [0.05, 0.1) is 0 Å². The first-order valence-electron chi connectivity index (χ1n) is 3.46. The van der Waals surface area contributed by atoms with E-state index < -0.39 is 0 Å². The van der Waals surface area contributed by atoms with Gasteiger partial charge in [-0.3, -0.25) is 0 Å². The maximum absolute atomic E-state index is 5.27. The van der Waals surface area contributed by atoms with Crippen LogP contribution in [0, 0.1) is 6.61 Å². The predicted octanol–water partition coefficient (Wildman–Crippen LogP) is 1.87. The molecule has 0 N–H and O–H groups in total. The van der Waals surface area contributed by atoms with E-state index >= 15 is 0 Å². The van der Waals surface area contributed by atoms with E-state index in [1.165, 1.54) is 0 Å². The zero-order valence-electron chi connectivity index (χ0n) is 6.49. The Kier molecular flexibility index (Phi) is 3.48. The van der Waals surface area contributed by atoms with Crippen LogP contribution in [0.4, 0.5) is 0 Å². The van der Waals surface area contributed by atoms with Crippen LogP contribution in [-0.4, -0.2) is 13.7 Å². The molecular formula is C9H11O2. The second-order valence-electron chi connectivity index (χ2n) is 2.03. The van der Waals surface area contributed by atoms with E-state index in [0.717, 1.165) is 5.75 Å². The van der Waals surface area contributed by atoms with Gasteiger partial charge in [0, 0.05) is 7.11 Å². The summed E-state index contributed by atoms with van der Waals surface area (Å²) in [6, 6.07) is 9.63. The zero-order valence-corrected chi connectivity index (χ0v) is 6.49. The molecule has 0 unspecified atom stereocenters. The van der Waals surface area contributed by atoms with Crippen LogP contribution >= 0.6 is 0 Å². The molecule has 0 fully saturated rings. The molecule has 0 saturated carbocycles. The second kappa shape index (κ2) is 4.74. The average Bonchev–Trinajstić information content (AvgIpc) is 2.07. The van der Waals surface area contributed by atoms with E-state index in [0.29, 0.717) is 6.61 Å². The Morgan fingerprint density at radius 1 is 1.27 bits per heavy atom. The summed E-state index contributed by atoms with van der Waals surface area (Å²) in [6.45, 7) is 2.09. The fourth-order valence-electron chi connectivity index (χ4n) is 0.715. The summed E-state index contributed by atoms with van der Waals surface area (Å²) in [5.41, 5.74) is 0. The van der Waals surface area contributed by atoms with E-state index in [2.05, 4.69) is 0 Å². The van der Waals surface area contributed by atoms with Crippen LogP contribution in [0.15, 0.2) is 30.3 Å². The van der Waals surface area contributed by atoms with Gasteiger partial charge in [0.1, 0.15) is 19.0 Å². The van der Waals surface area contributed by atoms with Gasteiger partial charge < -0.3 is 9.47 Å². The number of hydrogen-bond acceptors (Lipinski definition) is 2. The van der Waals surface area contributed by atoms with Gasteiger partial charge >= 0.3 is 0 Å². The standard InChI is InChI=1S/C9H11O2/c1-10-7-8-11-9-5-3-2-4-6-9/h2-7H,8H2,1H3. The Labute approximate surface area is 66.8 Å². The lowest BCUT2D eigenvalue weighted by molar-refractivity contribution is 0.208. The second-order valence-corrected chi connectivity index (χ2v) is 2.03. The molecule has 2 heteroatoms. The Morgan fingerprint density at radius 2 is 2.00 bits per heavy atom. The molecule has 0 spiro atoms. The highest BCUT2D eigenvalue weighted by molar-refractivity contribution is 5.20. The van der Waals surface area contributed by atoms with Crippen LogP contribution in [-0.2, 0) is 4.74 Å². The molecule has 1 aromatic rings. The summed E-state index contributed by atoms with van der Waals surface area (Å²) >= 11 is 0. The van der Waals surface area contributed by atoms with E-state index in [-0.39, 0.29) is 0 Å². The van der Waals surface area contributed by atoms with Crippen molar-refractivity contribution in [3.05, 3.63) is 36.9 Å². The molecule has 0 bridgehead atoms. The molecule has 1 rings (SSSR count). The normalized spacial score (nSPS) is 9.55. The molecule has 0 aliphatic rings. The number of hydrogen-bond donors (Lipinski definition) is 0. The first-order valence-corrected chi connectivity index (χ1v) is 3.46. The minimum atomic E-state index is 0.487. The molecule has 2 nitrogen and oxygen atoms in total. The third kappa shape index (κ3) is 3.05. The number of ether oxygens (including phenoxy) is 2. The smallest absolute Gasteiger partial charge is 0.120 e. The molecule has 1 aromatic carbocycles. The van der Waals surface area contributed by atoms with E-state index in [1.807, 2.05) is 30.3 Å². The van der Waals surface area contributed by atoms with Gasteiger partial charge in [-0.05, 0) is 12.1 Å². The van der Waals surface area contributed by atoms with Crippen LogP contribution in [0.2, 0.25) is 0 Å². The molecular weight excluding hydrogens is 140 g/mol. The molecule has 59 valence electrons. The minimum Gasteiger partial charge on any atom is -0.491 e. The Hall–Kier alpha value is -1.02. The van der Waals surface area contributed by atoms with E-state index in [1.54, 1.807) is 13.7 Å². The van der Waals surface area contributed by atoms with Crippen molar-refractivity contribution in [2.45, 2.75) is 0 Å². The first-order chi connectivity index (χ1) is 5.43. The van der Waals surface area contributed by atoms with Crippen LogP contribution in [0.5, 0.6) is 5.75 Å². The lowest BCUT2D eigenvalue weighted by Crippen LogP contribution is -1.98. The van der Waals surface area contributed by atoms with Crippen LogP contribution in [0.25, 0.3) is 0 Å². The minimum absolute atomic E-state index is 0.487. The Morgan fingerprint density at radius 3 is 2.64 bits per heavy atom. The quantitative estimate of drug-likeness (QED) is 0.611. The van der Waals surface area contributed by atoms with E-state index in [4.69, 9.17) is 9.47 Å². The topological polar surface area (TPSA) is 18.5 Å². The van der Waals surface area contributed by atoms with Crippen LogP contribution in [0.3, 0.4) is 0 Å². The summed E-state index contributed by atoms with van der Waals surface area (Å²) in [5.74, 6) is 0.862. The third-order valence-corrected chi connectivity index (χ3v) is 1.23. The molecule has 0 aromatic heterocycles. The molecule has 0 atom stereocenters. The fourth-order valence-corrected chi connectivity index (χ4v) is 0.715. The molecule has 0 heterocycles. The molecule has 0 saturated heterocycles. The van der Waals surface area contributed by atoms with E-state index in [9.17, 15) is 0 Å². The number of methoxy groups -OCH3 is 1. The highest BCUT2D eigenvalue weighted by Gasteiger charge is 1.89. The fraction of sp³-hybridized carbons (Fsp3) is 0.222. The van der Waals surface area contributed by atoms with Gasteiger partial charge in [0.15, 0.2) is 0 Å². The van der Waals surface area contributed by atoms with Gasteiger partial charge in [-0.15, -0.1) is 0 Å². The van der Waals surface area contributed by atoms with Gasteiger partial charge in [-0.1, -0.05) is 18.2 Å². The predicted molar refractivity (Wildman–Crippen MR) is 43.2 cm³/mol. The summed E-state index contributed by atoms with van der Waals surface area (Å²) < 4.78 is 9.98. The van der Waals surface area contributed by atoms with Crippen molar-refractivity contribution in [3.63, 3.8) is 0 Å². The van der Waals surface area contributed by atoms with Crippen molar-refractivity contribution in [1.29, 1.82) is 0 Å². The van der Waals surface area contributed by atoms with Crippen molar-refractivity contribution in [2.24, 2.45) is 0 Å². The van der Waals surface area contributed by atoms with Gasteiger partial charge in [-0.2, -0.15) is 0 Å². The van der Waals surface area contributed by atoms with Crippen molar-refractivity contribution in [2.75, 3.05) is 13.7 Å². The molecule has 0 amide bonds. The highest BCUT2D eigenvalue weighted by atomic mass is 16.5. The van der Waals surface area contributed by atoms with Gasteiger partial charge in [-0.25, -0.2) is 0 Å². The number of para-hydroxylation sites is 1. The van der Waals surface area contributed by atoms with Gasteiger partial charge in [0.2, 0.25) is 0 Å². The first kappa shape index (κ1) is 8.08. The highest BCUT2D eigenvalue weighted by Crippen LogP contribution is 2.07. The molecule has 1 radical (unpaired) electrons. The summed E-state index contributed by atoms with van der Waals surface area (Å²) in [5, 5.41) is 0. The van der Waals surface area contributed by atoms with Crippen LogP contribution in [0.1, 0.15) is 0 Å². The largest absolute Gasteiger partial charge is 0.491 e. The van der Waals surface area contributed by atoms with Crippen molar-refractivity contribution in [3.8, 4) is 5.75 Å². The maximum atomic E-state index is 5.27. The monoisotopic (exact) mass is 151 g/mol. The molecule has 0 aliphatic heterocycles. The molecule has 11 heavy (non-hydrogen) atoms. The summed E-state index contributed by atoms with van der Waals surface area (Å²) in [7, 11) is 1.61. The summed E-state index contributed by atoms with van der Waals surface area (Å²) in [6.07, 6.45) is 0. The van der Waals surface area contributed by atoms with Gasteiger partial charge in [0.25, 0.3) is 0 Å². The van der Waals surface area contributed by atoms with Crippen molar-refractivity contribution < 1.29 is 9.47 Å². The Bertz CT molecular complexity index is 184. The average molecular weight is 151 g/mol. The molecule has 0 aliphatic carbocycles. The summed E-state index contributed by atoms with van der Waals surface area (Å²) in [4.78, 5) is 0. The van der Waals surface area contributed by atoms with Crippen molar-refractivity contribution >= 4 is 0 Å². The number of benzene rings is 1. The van der Waals surface area contributed by atoms with Crippen LogP contribution < -0.4 is 4.74 Å².